The van der Waals surface area contributed by atoms with Gasteiger partial charge in [0.2, 0.25) is 10.0 Å². The lowest BCUT2D eigenvalue weighted by molar-refractivity contribution is 0.0236. The molecule has 6 nitrogen and oxygen atoms in total. The van der Waals surface area contributed by atoms with E-state index in [1.165, 1.54) is 6.07 Å². The highest BCUT2D eigenvalue weighted by atomic mass is 79.9. The number of carbonyl (C=O) groups is 1. The maximum Gasteiger partial charge on any atom is 0.410 e. The first-order valence-corrected chi connectivity index (χ1v) is 10.0. The van der Waals surface area contributed by atoms with Gasteiger partial charge in [-0.05, 0) is 52.3 Å². The average Bonchev–Trinajstić information content (AvgIpc) is 2.77. The van der Waals surface area contributed by atoms with Crippen LogP contribution in [-0.2, 0) is 14.8 Å². The number of hydrogen-bond donors (Lipinski definition) is 1. The Morgan fingerprint density at radius 2 is 2.04 bits per heavy atom. The van der Waals surface area contributed by atoms with Gasteiger partial charge in [-0.15, -0.1) is 0 Å². The molecule has 8 heteroatoms. The molecule has 1 fully saturated rings. The van der Waals surface area contributed by atoms with Gasteiger partial charge in [-0.25, -0.2) is 17.9 Å². The molecule has 0 radical (unpaired) electrons. The van der Waals surface area contributed by atoms with E-state index in [-0.39, 0.29) is 17.0 Å². The molecule has 0 spiro atoms. The second-order valence-electron chi connectivity index (χ2n) is 6.99. The van der Waals surface area contributed by atoms with Gasteiger partial charge in [-0.2, -0.15) is 0 Å². The SMILES string of the molecule is C[C@H]1C[C@@H](NS(=O)(=O)c2cccc(Br)c2)CN1C(=O)OC(C)(C)C. The quantitative estimate of drug-likeness (QED) is 0.817. The molecule has 1 amide bonds. The zero-order valence-electron chi connectivity index (χ0n) is 14.2. The van der Waals surface area contributed by atoms with E-state index < -0.39 is 21.7 Å². The van der Waals surface area contributed by atoms with Crippen molar-refractivity contribution in [1.29, 1.82) is 0 Å². The molecule has 2 rings (SSSR count). The molecular formula is C16H23BrN2O4S. The number of halogens is 1. The van der Waals surface area contributed by atoms with Crippen molar-refractivity contribution in [2.45, 2.75) is 56.7 Å². The maximum absolute atomic E-state index is 12.5. The summed E-state index contributed by atoms with van der Waals surface area (Å²) >= 11 is 3.27. The van der Waals surface area contributed by atoms with Crippen LogP contribution in [0.25, 0.3) is 0 Å². The number of likely N-dealkylation sites (tertiary alicyclic amines) is 1. The van der Waals surface area contributed by atoms with Crippen LogP contribution in [0.2, 0.25) is 0 Å². The van der Waals surface area contributed by atoms with Gasteiger partial charge in [0.25, 0.3) is 0 Å². The molecular weight excluding hydrogens is 396 g/mol. The van der Waals surface area contributed by atoms with Crippen LogP contribution >= 0.6 is 15.9 Å². The lowest BCUT2D eigenvalue weighted by Crippen LogP contribution is -2.41. The lowest BCUT2D eigenvalue weighted by atomic mass is 10.2. The van der Waals surface area contributed by atoms with Gasteiger partial charge in [0, 0.05) is 23.1 Å². The fourth-order valence-corrected chi connectivity index (χ4v) is 4.45. The van der Waals surface area contributed by atoms with Crippen molar-refractivity contribution in [2.24, 2.45) is 0 Å². The summed E-state index contributed by atoms with van der Waals surface area (Å²) in [4.78, 5) is 14.0. The third-order valence-corrected chi connectivity index (χ3v) is 5.64. The van der Waals surface area contributed by atoms with E-state index in [0.717, 1.165) is 0 Å². The molecule has 1 heterocycles. The van der Waals surface area contributed by atoms with E-state index in [1.54, 1.807) is 43.9 Å². The van der Waals surface area contributed by atoms with Gasteiger partial charge < -0.3 is 9.64 Å². The van der Waals surface area contributed by atoms with Crippen molar-refractivity contribution in [3.8, 4) is 0 Å². The van der Waals surface area contributed by atoms with Crippen LogP contribution < -0.4 is 4.72 Å². The summed E-state index contributed by atoms with van der Waals surface area (Å²) in [5.41, 5.74) is -0.579. The van der Waals surface area contributed by atoms with Gasteiger partial charge >= 0.3 is 6.09 Å². The predicted molar refractivity (Wildman–Crippen MR) is 95.3 cm³/mol. The summed E-state index contributed by atoms with van der Waals surface area (Å²) in [6.45, 7) is 7.60. The van der Waals surface area contributed by atoms with Crippen molar-refractivity contribution in [3.63, 3.8) is 0 Å². The van der Waals surface area contributed by atoms with E-state index in [1.807, 2.05) is 6.92 Å². The summed E-state index contributed by atoms with van der Waals surface area (Å²) in [7, 11) is -3.63. The van der Waals surface area contributed by atoms with Crippen LogP contribution in [-0.4, -0.2) is 43.6 Å². The molecule has 24 heavy (non-hydrogen) atoms. The maximum atomic E-state index is 12.5. The smallest absolute Gasteiger partial charge is 0.410 e. The molecule has 1 aliphatic heterocycles. The number of nitrogens with one attached hydrogen (secondary N) is 1. The van der Waals surface area contributed by atoms with Crippen LogP contribution in [0.3, 0.4) is 0 Å². The summed E-state index contributed by atoms with van der Waals surface area (Å²) in [6.07, 6.45) is 0.131. The Kier molecular flexibility index (Phi) is 5.61. The number of rotatable bonds is 3. The van der Waals surface area contributed by atoms with Crippen LogP contribution in [0.5, 0.6) is 0 Å². The van der Waals surface area contributed by atoms with Gasteiger partial charge in [0.1, 0.15) is 5.60 Å². The van der Waals surface area contributed by atoms with Gasteiger partial charge in [0.05, 0.1) is 4.90 Å². The second kappa shape index (κ2) is 7.01. The molecule has 0 bridgehead atoms. The Labute approximate surface area is 151 Å². The first kappa shape index (κ1) is 19.2. The van der Waals surface area contributed by atoms with Crippen LogP contribution in [0.1, 0.15) is 34.1 Å². The standard InChI is InChI=1S/C16H23BrN2O4S/c1-11-8-13(10-19(11)15(20)23-16(2,3)4)18-24(21,22)14-7-5-6-12(17)9-14/h5-7,9,11,13,18H,8,10H2,1-4H3/t11-,13+/m0/s1. The topological polar surface area (TPSA) is 75.7 Å². The highest BCUT2D eigenvalue weighted by Gasteiger charge is 2.36. The van der Waals surface area contributed by atoms with Crippen LogP contribution in [0.4, 0.5) is 4.79 Å². The van der Waals surface area contributed by atoms with E-state index in [9.17, 15) is 13.2 Å². The Bertz CT molecular complexity index is 715. The number of amides is 1. The summed E-state index contributed by atoms with van der Waals surface area (Å²) in [6, 6.07) is 6.10. The molecule has 2 atom stereocenters. The number of ether oxygens (including phenoxy) is 1. The summed E-state index contributed by atoms with van der Waals surface area (Å²) < 4.78 is 33.7. The number of nitrogens with zero attached hydrogens (tertiary/aromatic N) is 1. The van der Waals surface area contributed by atoms with Crippen molar-refractivity contribution in [3.05, 3.63) is 28.7 Å². The number of carbonyl (C=O) groups excluding carboxylic acids is 1. The molecule has 1 aliphatic rings. The molecule has 1 aromatic rings. The third kappa shape index (κ3) is 4.94. The average molecular weight is 419 g/mol. The van der Waals surface area contributed by atoms with E-state index >= 15 is 0 Å². The zero-order chi connectivity index (χ0) is 18.1. The number of hydrogen-bond acceptors (Lipinski definition) is 4. The van der Waals surface area contributed by atoms with Crippen LogP contribution in [0.15, 0.2) is 33.6 Å². The van der Waals surface area contributed by atoms with Crippen molar-refractivity contribution in [2.75, 3.05) is 6.54 Å². The minimum atomic E-state index is -3.63. The van der Waals surface area contributed by atoms with Crippen molar-refractivity contribution >= 4 is 32.0 Å². The highest BCUT2D eigenvalue weighted by Crippen LogP contribution is 2.23. The summed E-state index contributed by atoms with van der Waals surface area (Å²) in [5.74, 6) is 0. The Hall–Kier alpha value is -1.12. The minimum Gasteiger partial charge on any atom is -0.444 e. The molecule has 1 N–H and O–H groups in total. The Morgan fingerprint density at radius 3 is 2.62 bits per heavy atom. The lowest BCUT2D eigenvalue weighted by Gasteiger charge is -2.26. The highest BCUT2D eigenvalue weighted by molar-refractivity contribution is 9.10. The molecule has 0 aromatic heterocycles. The fraction of sp³-hybridized carbons (Fsp3) is 0.562. The Morgan fingerprint density at radius 1 is 1.38 bits per heavy atom. The predicted octanol–water partition coefficient (Wildman–Crippen LogP) is 3.13. The van der Waals surface area contributed by atoms with E-state index in [2.05, 4.69) is 20.7 Å². The largest absolute Gasteiger partial charge is 0.444 e. The second-order valence-corrected chi connectivity index (χ2v) is 9.62. The molecule has 1 aromatic carbocycles. The number of benzene rings is 1. The minimum absolute atomic E-state index is 0.0879. The normalized spacial score (nSPS) is 21.8. The number of sulfonamides is 1. The third-order valence-electron chi connectivity index (χ3n) is 3.63. The molecule has 1 saturated heterocycles. The van der Waals surface area contributed by atoms with Crippen molar-refractivity contribution in [1.82, 2.24) is 9.62 Å². The first-order valence-electron chi connectivity index (χ1n) is 7.75. The monoisotopic (exact) mass is 418 g/mol. The van der Waals surface area contributed by atoms with Gasteiger partial charge in [-0.3, -0.25) is 0 Å². The zero-order valence-corrected chi connectivity index (χ0v) is 16.6. The fourth-order valence-electron chi connectivity index (χ4n) is 2.61. The summed E-state index contributed by atoms with van der Waals surface area (Å²) in [5, 5.41) is 0. The van der Waals surface area contributed by atoms with Crippen molar-refractivity contribution < 1.29 is 17.9 Å². The van der Waals surface area contributed by atoms with Gasteiger partial charge in [-0.1, -0.05) is 22.0 Å². The van der Waals surface area contributed by atoms with Gasteiger partial charge in [0.15, 0.2) is 0 Å². The molecule has 0 saturated carbocycles. The van der Waals surface area contributed by atoms with Crippen LogP contribution in [0, 0.1) is 0 Å². The molecule has 0 aliphatic carbocycles. The Balaban J connectivity index is 2.06. The van der Waals surface area contributed by atoms with E-state index in [4.69, 9.17) is 4.74 Å². The molecule has 0 unspecified atom stereocenters. The molecule has 134 valence electrons. The van der Waals surface area contributed by atoms with E-state index in [0.29, 0.717) is 17.4 Å². The first-order chi connectivity index (χ1) is 11.0.